The molecule has 0 aliphatic carbocycles. The Labute approximate surface area is 91.9 Å². The summed E-state index contributed by atoms with van der Waals surface area (Å²) in [6, 6.07) is 0. The van der Waals surface area contributed by atoms with E-state index in [1.165, 1.54) is 0 Å². The van der Waals surface area contributed by atoms with Crippen LogP contribution in [0.4, 0.5) is 0 Å². The summed E-state index contributed by atoms with van der Waals surface area (Å²) in [5, 5.41) is 11.1. The van der Waals surface area contributed by atoms with Gasteiger partial charge in [0.25, 0.3) is 0 Å². The van der Waals surface area contributed by atoms with E-state index in [-0.39, 0.29) is 0 Å². The van der Waals surface area contributed by atoms with Crippen LogP contribution in [0.5, 0.6) is 0 Å². The van der Waals surface area contributed by atoms with Crippen molar-refractivity contribution < 1.29 is 4.74 Å². The summed E-state index contributed by atoms with van der Waals surface area (Å²) in [6.45, 7) is 2.52. The lowest BCUT2D eigenvalue weighted by molar-refractivity contribution is 0.199. The molecule has 14 heavy (non-hydrogen) atoms. The highest BCUT2D eigenvalue weighted by atomic mass is 79.9. The molecule has 0 amide bonds. The maximum absolute atomic E-state index is 4.92. The van der Waals surface area contributed by atoms with Crippen LogP contribution in [0.1, 0.15) is 5.69 Å². The zero-order valence-corrected chi connectivity index (χ0v) is 10.0. The van der Waals surface area contributed by atoms with Crippen molar-refractivity contribution >= 4 is 15.9 Å². The first-order valence-corrected chi connectivity index (χ1v) is 5.28. The third-order valence-electron chi connectivity index (χ3n) is 1.92. The molecular weight excluding hydrogens is 248 g/mol. The van der Waals surface area contributed by atoms with E-state index >= 15 is 0 Å². The average molecular weight is 263 g/mol. The summed E-state index contributed by atoms with van der Waals surface area (Å²) in [7, 11) is 3.59. The Balaban J connectivity index is 2.24. The third kappa shape index (κ3) is 3.36. The van der Waals surface area contributed by atoms with Gasteiger partial charge in [0.05, 0.1) is 12.3 Å². The number of rotatable bonds is 6. The number of aromatic nitrogens is 3. The van der Waals surface area contributed by atoms with Crippen molar-refractivity contribution in [2.24, 2.45) is 7.05 Å². The van der Waals surface area contributed by atoms with Gasteiger partial charge >= 0.3 is 0 Å². The van der Waals surface area contributed by atoms with Crippen molar-refractivity contribution in [1.29, 1.82) is 0 Å². The van der Waals surface area contributed by atoms with Crippen molar-refractivity contribution in [2.45, 2.75) is 6.42 Å². The number of aryl methyl sites for hydroxylation is 1. The second-order valence-corrected chi connectivity index (χ2v) is 3.69. The second-order valence-electron chi connectivity index (χ2n) is 2.94. The van der Waals surface area contributed by atoms with Gasteiger partial charge in [-0.05, 0) is 15.9 Å². The number of hydrogen-bond donors (Lipinski definition) is 1. The quantitative estimate of drug-likeness (QED) is 0.753. The van der Waals surface area contributed by atoms with Gasteiger partial charge in [0, 0.05) is 33.7 Å². The molecule has 6 heteroatoms. The molecule has 80 valence electrons. The molecule has 5 nitrogen and oxygen atoms in total. The second kappa shape index (κ2) is 6.10. The highest BCUT2D eigenvalue weighted by Crippen LogP contribution is 2.11. The van der Waals surface area contributed by atoms with Crippen LogP contribution in [-0.4, -0.2) is 41.8 Å². The molecule has 0 aliphatic heterocycles. The number of ether oxygens (including phenoxy) is 1. The summed E-state index contributed by atoms with van der Waals surface area (Å²) in [4.78, 5) is 0. The molecule has 0 saturated carbocycles. The predicted molar refractivity (Wildman–Crippen MR) is 57.2 cm³/mol. The SMILES string of the molecule is COCCNCCc1c(Br)nnn1C. The smallest absolute Gasteiger partial charge is 0.151 e. The molecule has 0 aliphatic rings. The number of nitrogens with one attached hydrogen (secondary N) is 1. The van der Waals surface area contributed by atoms with E-state index in [9.17, 15) is 0 Å². The Hall–Kier alpha value is -0.460. The highest BCUT2D eigenvalue weighted by molar-refractivity contribution is 9.10. The Bertz CT molecular complexity index is 257. The van der Waals surface area contributed by atoms with Crippen LogP contribution in [0.25, 0.3) is 0 Å². The van der Waals surface area contributed by atoms with Crippen LogP contribution in [-0.2, 0) is 18.2 Å². The maximum Gasteiger partial charge on any atom is 0.151 e. The minimum absolute atomic E-state index is 0.741. The molecule has 1 aromatic rings. The van der Waals surface area contributed by atoms with Crippen LogP contribution in [0, 0.1) is 0 Å². The van der Waals surface area contributed by atoms with E-state index in [0.29, 0.717) is 0 Å². The molecule has 1 heterocycles. The minimum Gasteiger partial charge on any atom is -0.383 e. The average Bonchev–Trinajstić information content (AvgIpc) is 2.48. The largest absolute Gasteiger partial charge is 0.383 e. The van der Waals surface area contributed by atoms with E-state index in [4.69, 9.17) is 4.74 Å². The molecule has 0 unspecified atom stereocenters. The lowest BCUT2D eigenvalue weighted by Gasteiger charge is -2.03. The molecule has 0 aromatic carbocycles. The van der Waals surface area contributed by atoms with Gasteiger partial charge in [-0.3, -0.25) is 4.68 Å². The molecule has 0 atom stereocenters. The van der Waals surface area contributed by atoms with Gasteiger partial charge in [0.2, 0.25) is 0 Å². The van der Waals surface area contributed by atoms with E-state index in [1.807, 2.05) is 7.05 Å². The van der Waals surface area contributed by atoms with Gasteiger partial charge in [-0.25, -0.2) is 0 Å². The Morgan fingerprint density at radius 2 is 2.29 bits per heavy atom. The highest BCUT2D eigenvalue weighted by Gasteiger charge is 2.06. The minimum atomic E-state index is 0.741. The summed E-state index contributed by atoms with van der Waals surface area (Å²) in [5.41, 5.74) is 1.11. The number of hydrogen-bond acceptors (Lipinski definition) is 4. The summed E-state index contributed by atoms with van der Waals surface area (Å²) >= 11 is 3.35. The Morgan fingerprint density at radius 1 is 1.50 bits per heavy atom. The van der Waals surface area contributed by atoms with Crippen molar-refractivity contribution in [1.82, 2.24) is 20.3 Å². The first-order chi connectivity index (χ1) is 6.75. The summed E-state index contributed by atoms with van der Waals surface area (Å²) in [6.07, 6.45) is 0.911. The van der Waals surface area contributed by atoms with E-state index in [1.54, 1.807) is 11.8 Å². The van der Waals surface area contributed by atoms with E-state index in [2.05, 4.69) is 31.6 Å². The lowest BCUT2D eigenvalue weighted by Crippen LogP contribution is -2.22. The van der Waals surface area contributed by atoms with Gasteiger partial charge in [0.1, 0.15) is 0 Å². The topological polar surface area (TPSA) is 52.0 Å². The van der Waals surface area contributed by atoms with Crippen LogP contribution >= 0.6 is 15.9 Å². The monoisotopic (exact) mass is 262 g/mol. The molecule has 1 rings (SSSR count). The molecule has 0 saturated heterocycles. The van der Waals surface area contributed by atoms with Gasteiger partial charge < -0.3 is 10.1 Å². The van der Waals surface area contributed by atoms with Gasteiger partial charge in [-0.2, -0.15) is 0 Å². The molecular formula is C8H15BrN4O. The normalized spacial score (nSPS) is 10.8. The molecule has 0 radical (unpaired) electrons. The zero-order chi connectivity index (χ0) is 10.4. The molecule has 0 spiro atoms. The van der Waals surface area contributed by atoms with Crippen LogP contribution in [0.15, 0.2) is 4.60 Å². The fourth-order valence-electron chi connectivity index (χ4n) is 1.12. The van der Waals surface area contributed by atoms with Crippen molar-refractivity contribution in [3.05, 3.63) is 10.3 Å². The maximum atomic E-state index is 4.92. The molecule has 1 aromatic heterocycles. The van der Waals surface area contributed by atoms with Gasteiger partial charge in [0.15, 0.2) is 4.60 Å². The van der Waals surface area contributed by atoms with Gasteiger partial charge in [-0.15, -0.1) is 5.10 Å². The van der Waals surface area contributed by atoms with E-state index < -0.39 is 0 Å². The number of methoxy groups -OCH3 is 1. The number of halogens is 1. The summed E-state index contributed by atoms with van der Waals surface area (Å²) in [5.74, 6) is 0. The summed E-state index contributed by atoms with van der Waals surface area (Å²) < 4.78 is 7.53. The number of nitrogens with zero attached hydrogens (tertiary/aromatic N) is 3. The van der Waals surface area contributed by atoms with Crippen LogP contribution in [0.3, 0.4) is 0 Å². The fraction of sp³-hybridized carbons (Fsp3) is 0.750. The third-order valence-corrected chi connectivity index (χ3v) is 2.53. The predicted octanol–water partition coefficient (Wildman–Crippen LogP) is 0.356. The van der Waals surface area contributed by atoms with Crippen molar-refractivity contribution in [2.75, 3.05) is 26.8 Å². The van der Waals surface area contributed by atoms with E-state index in [0.717, 1.165) is 36.4 Å². The Kier molecular flexibility index (Phi) is 5.06. The standard InChI is InChI=1S/C8H15BrN4O/c1-13-7(8(9)11-12-13)3-4-10-5-6-14-2/h10H,3-6H2,1-2H3. The fourth-order valence-corrected chi connectivity index (χ4v) is 1.65. The first-order valence-electron chi connectivity index (χ1n) is 4.49. The molecule has 0 bridgehead atoms. The zero-order valence-electron chi connectivity index (χ0n) is 8.46. The van der Waals surface area contributed by atoms with Crippen molar-refractivity contribution in [3.63, 3.8) is 0 Å². The Morgan fingerprint density at radius 3 is 2.86 bits per heavy atom. The van der Waals surface area contributed by atoms with Crippen LogP contribution in [0.2, 0.25) is 0 Å². The lowest BCUT2D eigenvalue weighted by atomic mass is 10.3. The van der Waals surface area contributed by atoms with Crippen molar-refractivity contribution in [3.8, 4) is 0 Å². The molecule has 1 N–H and O–H groups in total. The first kappa shape index (κ1) is 11.6. The van der Waals surface area contributed by atoms with Gasteiger partial charge in [-0.1, -0.05) is 5.21 Å². The van der Waals surface area contributed by atoms with Crippen LogP contribution < -0.4 is 5.32 Å². The molecule has 0 fully saturated rings.